The number of aromatic amines is 1. The zero-order valence-electron chi connectivity index (χ0n) is 17.9. The second kappa shape index (κ2) is 10.4. The van der Waals surface area contributed by atoms with Crippen LogP contribution in [0.4, 0.5) is 0 Å². The van der Waals surface area contributed by atoms with Gasteiger partial charge in [0, 0.05) is 5.69 Å². The fourth-order valence-electron chi connectivity index (χ4n) is 3.15. The van der Waals surface area contributed by atoms with Crippen molar-refractivity contribution in [3.63, 3.8) is 0 Å². The molecule has 0 bridgehead atoms. The number of hydrogen-bond acceptors (Lipinski definition) is 3. The van der Waals surface area contributed by atoms with E-state index in [9.17, 15) is 8.42 Å². The number of benzene rings is 2. The maximum Gasteiger partial charge on any atom is 0.241 e. The predicted octanol–water partition coefficient (Wildman–Crippen LogP) is 4.88. The molecule has 0 spiro atoms. The van der Waals surface area contributed by atoms with Crippen molar-refractivity contribution in [1.29, 1.82) is 0 Å². The van der Waals surface area contributed by atoms with E-state index in [1.165, 1.54) is 0 Å². The molecule has 1 atom stereocenters. The molecule has 0 saturated heterocycles. The highest BCUT2D eigenvalue weighted by molar-refractivity contribution is 7.89. The van der Waals surface area contributed by atoms with Crippen LogP contribution in [0.5, 0.6) is 0 Å². The summed E-state index contributed by atoms with van der Waals surface area (Å²) in [6.07, 6.45) is 1.35. The van der Waals surface area contributed by atoms with Crippen molar-refractivity contribution >= 4 is 10.0 Å². The molecule has 0 fully saturated rings. The zero-order chi connectivity index (χ0) is 21.4. The number of rotatable bonds is 7. The van der Waals surface area contributed by atoms with Crippen molar-refractivity contribution in [2.75, 3.05) is 0 Å². The van der Waals surface area contributed by atoms with Crippen LogP contribution in [-0.4, -0.2) is 18.6 Å². The molecule has 0 aliphatic heterocycles. The van der Waals surface area contributed by atoms with Gasteiger partial charge in [-0.2, -0.15) is 5.10 Å². The Kier molecular flexibility index (Phi) is 8.17. The number of H-pyrrole nitrogens is 1. The van der Waals surface area contributed by atoms with Crippen molar-refractivity contribution < 1.29 is 8.42 Å². The number of sulfonamides is 1. The Hall–Kier alpha value is -2.44. The highest BCUT2D eigenvalue weighted by Gasteiger charge is 2.25. The Balaban J connectivity index is 0.00000145. The quantitative estimate of drug-likeness (QED) is 0.580. The van der Waals surface area contributed by atoms with Gasteiger partial charge in [0.15, 0.2) is 0 Å². The molecule has 1 unspecified atom stereocenters. The smallest absolute Gasteiger partial charge is 0.241 e. The molecule has 2 aromatic carbocycles. The highest BCUT2D eigenvalue weighted by atomic mass is 32.2. The van der Waals surface area contributed by atoms with Gasteiger partial charge in [0.1, 0.15) is 0 Å². The van der Waals surface area contributed by atoms with E-state index in [1.807, 2.05) is 65.0 Å². The van der Waals surface area contributed by atoms with E-state index < -0.39 is 16.1 Å². The van der Waals surface area contributed by atoms with Crippen LogP contribution in [-0.2, 0) is 22.9 Å². The molecule has 0 aliphatic carbocycles. The third-order valence-corrected chi connectivity index (χ3v) is 6.23. The normalized spacial score (nSPS) is 12.2. The first kappa shape index (κ1) is 22.8. The summed E-state index contributed by atoms with van der Waals surface area (Å²) in [6.45, 7) is 9.96. The minimum absolute atomic E-state index is 0.259. The van der Waals surface area contributed by atoms with Crippen molar-refractivity contribution in [2.45, 2.75) is 58.4 Å². The van der Waals surface area contributed by atoms with E-state index in [0.29, 0.717) is 6.42 Å². The Morgan fingerprint density at radius 3 is 2.17 bits per heavy atom. The SMILES string of the molecule is CC.CCc1[nH]nc(C(Cc2ccccc2)NS(=O)(=O)c2ccc(C)cc2)c1C. The third-order valence-electron chi connectivity index (χ3n) is 4.74. The van der Waals surface area contributed by atoms with Crippen LogP contribution < -0.4 is 4.72 Å². The summed E-state index contributed by atoms with van der Waals surface area (Å²) in [4.78, 5) is 0.259. The van der Waals surface area contributed by atoms with Gasteiger partial charge < -0.3 is 0 Å². The molecule has 156 valence electrons. The molecule has 1 aromatic heterocycles. The number of nitrogens with one attached hydrogen (secondary N) is 2. The molecule has 6 heteroatoms. The molecule has 0 amide bonds. The molecule has 3 aromatic rings. The lowest BCUT2D eigenvalue weighted by molar-refractivity contribution is 0.548. The molecule has 29 heavy (non-hydrogen) atoms. The lowest BCUT2D eigenvalue weighted by Crippen LogP contribution is -2.31. The largest absolute Gasteiger partial charge is 0.282 e. The fraction of sp³-hybridized carbons (Fsp3) is 0.348. The molecule has 3 rings (SSSR count). The van der Waals surface area contributed by atoms with E-state index in [2.05, 4.69) is 14.9 Å². The lowest BCUT2D eigenvalue weighted by Gasteiger charge is -2.18. The molecular formula is C23H31N3O2S. The van der Waals surface area contributed by atoms with Gasteiger partial charge in [-0.15, -0.1) is 0 Å². The number of aromatic nitrogens is 2. The van der Waals surface area contributed by atoms with E-state index in [4.69, 9.17) is 0 Å². The Morgan fingerprint density at radius 2 is 1.62 bits per heavy atom. The summed E-state index contributed by atoms with van der Waals surface area (Å²) < 4.78 is 28.8. The molecule has 0 radical (unpaired) electrons. The van der Waals surface area contributed by atoms with Gasteiger partial charge in [-0.25, -0.2) is 13.1 Å². The van der Waals surface area contributed by atoms with Crippen LogP contribution in [0, 0.1) is 13.8 Å². The second-order valence-electron chi connectivity index (χ2n) is 6.74. The Morgan fingerprint density at radius 1 is 1.00 bits per heavy atom. The summed E-state index contributed by atoms with van der Waals surface area (Å²) in [5, 5.41) is 7.46. The van der Waals surface area contributed by atoms with Gasteiger partial charge in [-0.3, -0.25) is 5.10 Å². The average Bonchev–Trinajstić information content (AvgIpc) is 3.10. The Labute approximate surface area is 174 Å². The van der Waals surface area contributed by atoms with Gasteiger partial charge in [0.25, 0.3) is 0 Å². The third kappa shape index (κ3) is 5.78. The van der Waals surface area contributed by atoms with Crippen LogP contribution in [0.3, 0.4) is 0 Å². The van der Waals surface area contributed by atoms with E-state index in [1.54, 1.807) is 24.3 Å². The maximum atomic E-state index is 13.0. The van der Waals surface area contributed by atoms with Gasteiger partial charge in [0.05, 0.1) is 16.6 Å². The van der Waals surface area contributed by atoms with Gasteiger partial charge >= 0.3 is 0 Å². The zero-order valence-corrected chi connectivity index (χ0v) is 18.7. The molecule has 1 heterocycles. The fourth-order valence-corrected chi connectivity index (χ4v) is 4.35. The van der Waals surface area contributed by atoms with Gasteiger partial charge in [0.2, 0.25) is 10.0 Å². The monoisotopic (exact) mass is 413 g/mol. The van der Waals surface area contributed by atoms with Crippen molar-refractivity contribution in [3.05, 3.63) is 82.7 Å². The van der Waals surface area contributed by atoms with Crippen LogP contribution >= 0.6 is 0 Å². The second-order valence-corrected chi connectivity index (χ2v) is 8.46. The summed E-state index contributed by atoms with van der Waals surface area (Å²) in [5.41, 5.74) is 4.84. The van der Waals surface area contributed by atoms with Gasteiger partial charge in [-0.1, -0.05) is 68.8 Å². The average molecular weight is 414 g/mol. The van der Waals surface area contributed by atoms with Crippen molar-refractivity contribution in [3.8, 4) is 0 Å². The minimum atomic E-state index is -3.66. The van der Waals surface area contributed by atoms with E-state index in [-0.39, 0.29) is 4.90 Å². The summed E-state index contributed by atoms with van der Waals surface area (Å²) in [7, 11) is -3.66. The first-order valence-electron chi connectivity index (χ1n) is 10.1. The number of aryl methyl sites for hydroxylation is 2. The maximum absolute atomic E-state index is 13.0. The standard InChI is InChI=1S/C21H25N3O2S.C2H6/c1-4-19-16(3)21(23-22-19)20(14-17-8-6-5-7-9-17)24-27(25,26)18-12-10-15(2)11-13-18;1-2/h5-13,20,24H,4,14H2,1-3H3,(H,22,23);1-2H3. The van der Waals surface area contributed by atoms with Gasteiger partial charge in [-0.05, 0) is 49.9 Å². The first-order chi connectivity index (χ1) is 13.9. The van der Waals surface area contributed by atoms with Crippen LogP contribution in [0.15, 0.2) is 59.5 Å². The molecule has 5 nitrogen and oxygen atoms in total. The number of hydrogen-bond donors (Lipinski definition) is 2. The van der Waals surface area contributed by atoms with Crippen molar-refractivity contribution in [1.82, 2.24) is 14.9 Å². The minimum Gasteiger partial charge on any atom is -0.282 e. The number of nitrogens with zero attached hydrogens (tertiary/aromatic N) is 1. The molecule has 2 N–H and O–H groups in total. The van der Waals surface area contributed by atoms with Crippen LogP contribution in [0.1, 0.15) is 54.9 Å². The van der Waals surface area contributed by atoms with Crippen molar-refractivity contribution in [2.24, 2.45) is 0 Å². The highest BCUT2D eigenvalue weighted by Crippen LogP contribution is 2.24. The molecular weight excluding hydrogens is 382 g/mol. The van der Waals surface area contributed by atoms with E-state index in [0.717, 1.165) is 34.5 Å². The van der Waals surface area contributed by atoms with Crippen LogP contribution in [0.2, 0.25) is 0 Å². The topological polar surface area (TPSA) is 74.8 Å². The lowest BCUT2D eigenvalue weighted by atomic mass is 10.0. The summed E-state index contributed by atoms with van der Waals surface area (Å²) in [6, 6.07) is 16.3. The van der Waals surface area contributed by atoms with Crippen LogP contribution in [0.25, 0.3) is 0 Å². The summed E-state index contributed by atoms with van der Waals surface area (Å²) >= 11 is 0. The molecule has 0 saturated carbocycles. The van der Waals surface area contributed by atoms with E-state index >= 15 is 0 Å². The first-order valence-corrected chi connectivity index (χ1v) is 11.6. The molecule has 0 aliphatic rings. The predicted molar refractivity (Wildman–Crippen MR) is 118 cm³/mol. The Bertz CT molecular complexity index is 994. The summed E-state index contributed by atoms with van der Waals surface area (Å²) in [5.74, 6) is 0.